The van der Waals surface area contributed by atoms with E-state index in [1.165, 1.54) is 0 Å². The molecule has 2 rings (SSSR count). The highest BCUT2D eigenvalue weighted by Gasteiger charge is 2.05. The fourth-order valence-corrected chi connectivity index (χ4v) is 1.48. The molecule has 74 valence electrons. The van der Waals surface area contributed by atoms with Crippen LogP contribution < -0.4 is 10.5 Å². The van der Waals surface area contributed by atoms with Gasteiger partial charge in [-0.1, -0.05) is 0 Å². The van der Waals surface area contributed by atoms with Crippen LogP contribution in [0.15, 0.2) is 28.9 Å². The second kappa shape index (κ2) is 3.72. The smallest absolute Gasteiger partial charge is 0.134 e. The maximum Gasteiger partial charge on any atom is 0.134 e. The van der Waals surface area contributed by atoms with Crippen molar-refractivity contribution in [3.8, 4) is 5.75 Å². The molecule has 14 heavy (non-hydrogen) atoms. The molecule has 0 aliphatic rings. The molecule has 0 fully saturated rings. The summed E-state index contributed by atoms with van der Waals surface area (Å²) in [4.78, 5) is 0. The molecule has 0 aliphatic carbocycles. The van der Waals surface area contributed by atoms with Gasteiger partial charge in [-0.2, -0.15) is 0 Å². The summed E-state index contributed by atoms with van der Waals surface area (Å²) in [6.07, 6.45) is 1.69. The van der Waals surface area contributed by atoms with Gasteiger partial charge in [0.2, 0.25) is 0 Å². The summed E-state index contributed by atoms with van der Waals surface area (Å²) >= 11 is 0. The van der Waals surface area contributed by atoms with Gasteiger partial charge in [-0.05, 0) is 25.1 Å². The number of fused-ring (bicyclic) bond motifs is 1. The van der Waals surface area contributed by atoms with Crippen molar-refractivity contribution < 1.29 is 9.15 Å². The van der Waals surface area contributed by atoms with Gasteiger partial charge < -0.3 is 14.9 Å². The first-order chi connectivity index (χ1) is 6.85. The predicted octanol–water partition coefficient (Wildman–Crippen LogP) is 2.29. The molecule has 3 nitrogen and oxygen atoms in total. The molecule has 0 aliphatic heterocycles. The highest BCUT2D eigenvalue weighted by Crippen LogP contribution is 2.25. The average molecular weight is 191 g/mol. The topological polar surface area (TPSA) is 48.4 Å². The zero-order chi connectivity index (χ0) is 9.97. The third-order valence-corrected chi connectivity index (χ3v) is 2.16. The van der Waals surface area contributed by atoms with Gasteiger partial charge in [0.1, 0.15) is 11.3 Å². The van der Waals surface area contributed by atoms with E-state index in [0.717, 1.165) is 22.3 Å². The van der Waals surface area contributed by atoms with Crippen LogP contribution in [0.4, 0.5) is 0 Å². The first-order valence-electron chi connectivity index (χ1n) is 4.68. The van der Waals surface area contributed by atoms with E-state index >= 15 is 0 Å². The molecule has 0 unspecified atom stereocenters. The molecule has 0 radical (unpaired) electrons. The van der Waals surface area contributed by atoms with Gasteiger partial charge in [-0.3, -0.25) is 0 Å². The quantitative estimate of drug-likeness (QED) is 0.809. The zero-order valence-corrected chi connectivity index (χ0v) is 8.12. The van der Waals surface area contributed by atoms with Gasteiger partial charge >= 0.3 is 0 Å². The fourth-order valence-electron chi connectivity index (χ4n) is 1.48. The number of hydrogen-bond acceptors (Lipinski definition) is 3. The van der Waals surface area contributed by atoms with Crippen LogP contribution in [0.2, 0.25) is 0 Å². The van der Waals surface area contributed by atoms with Crippen LogP contribution in [0, 0.1) is 0 Å². The van der Waals surface area contributed by atoms with E-state index in [1.54, 1.807) is 6.26 Å². The lowest BCUT2D eigenvalue weighted by molar-refractivity contribution is 0.340. The molecule has 0 atom stereocenters. The van der Waals surface area contributed by atoms with Crippen molar-refractivity contribution in [1.82, 2.24) is 0 Å². The summed E-state index contributed by atoms with van der Waals surface area (Å²) < 4.78 is 10.7. The lowest BCUT2D eigenvalue weighted by Gasteiger charge is -2.02. The van der Waals surface area contributed by atoms with E-state index in [2.05, 4.69) is 0 Å². The van der Waals surface area contributed by atoms with Crippen molar-refractivity contribution >= 4 is 11.0 Å². The van der Waals surface area contributed by atoms with Gasteiger partial charge in [0.15, 0.2) is 0 Å². The van der Waals surface area contributed by atoms with Crippen LogP contribution in [0.5, 0.6) is 5.75 Å². The largest absolute Gasteiger partial charge is 0.494 e. The van der Waals surface area contributed by atoms with E-state index in [4.69, 9.17) is 14.9 Å². The van der Waals surface area contributed by atoms with Crippen molar-refractivity contribution in [2.24, 2.45) is 5.73 Å². The van der Waals surface area contributed by atoms with Crippen LogP contribution in [0.3, 0.4) is 0 Å². The molecule has 0 saturated carbocycles. The summed E-state index contributed by atoms with van der Waals surface area (Å²) in [5, 5.41) is 1.04. The zero-order valence-electron chi connectivity index (χ0n) is 8.12. The number of ether oxygens (including phenoxy) is 1. The average Bonchev–Trinajstić information content (AvgIpc) is 2.60. The number of nitrogens with two attached hydrogens (primary N) is 1. The molecular formula is C11H13NO2. The molecule has 0 spiro atoms. The SMILES string of the molecule is CCOc1ccc2occ(CN)c2c1. The monoisotopic (exact) mass is 191 g/mol. The van der Waals surface area contributed by atoms with Crippen LogP contribution in [-0.4, -0.2) is 6.61 Å². The lowest BCUT2D eigenvalue weighted by atomic mass is 10.2. The van der Waals surface area contributed by atoms with Gasteiger partial charge in [0, 0.05) is 17.5 Å². The third-order valence-electron chi connectivity index (χ3n) is 2.16. The Hall–Kier alpha value is -1.48. The standard InChI is InChI=1S/C11H13NO2/c1-2-13-9-3-4-11-10(5-9)8(6-12)7-14-11/h3-5,7H,2,6,12H2,1H3. The van der Waals surface area contributed by atoms with Crippen LogP contribution in [0.1, 0.15) is 12.5 Å². The number of rotatable bonds is 3. The molecule has 3 heteroatoms. The Bertz CT molecular complexity index is 434. The molecule has 1 aromatic heterocycles. The van der Waals surface area contributed by atoms with Crippen LogP contribution in [-0.2, 0) is 6.54 Å². The highest BCUT2D eigenvalue weighted by molar-refractivity contribution is 5.82. The van der Waals surface area contributed by atoms with Gasteiger partial charge in [0.05, 0.1) is 12.9 Å². The van der Waals surface area contributed by atoms with E-state index in [0.29, 0.717) is 13.2 Å². The Morgan fingerprint density at radius 1 is 1.43 bits per heavy atom. The van der Waals surface area contributed by atoms with E-state index in [1.807, 2.05) is 25.1 Å². The van der Waals surface area contributed by atoms with E-state index in [9.17, 15) is 0 Å². The summed E-state index contributed by atoms with van der Waals surface area (Å²) in [7, 11) is 0. The molecule has 0 amide bonds. The molecule has 2 aromatic rings. The summed E-state index contributed by atoms with van der Waals surface area (Å²) in [5.41, 5.74) is 7.45. The predicted molar refractivity (Wildman–Crippen MR) is 55.3 cm³/mol. The normalized spacial score (nSPS) is 10.7. The van der Waals surface area contributed by atoms with Gasteiger partial charge in [-0.15, -0.1) is 0 Å². The molecule has 1 heterocycles. The Kier molecular flexibility index (Phi) is 2.41. The first kappa shape index (κ1) is 9.09. The van der Waals surface area contributed by atoms with Crippen LogP contribution in [0.25, 0.3) is 11.0 Å². The minimum absolute atomic E-state index is 0.489. The Morgan fingerprint density at radius 2 is 2.29 bits per heavy atom. The summed E-state index contributed by atoms with van der Waals surface area (Å²) in [6, 6.07) is 5.76. The molecule has 0 saturated heterocycles. The van der Waals surface area contributed by atoms with Crippen LogP contribution >= 0.6 is 0 Å². The lowest BCUT2D eigenvalue weighted by Crippen LogP contribution is -1.95. The van der Waals surface area contributed by atoms with Crippen molar-refractivity contribution in [3.63, 3.8) is 0 Å². The first-order valence-corrected chi connectivity index (χ1v) is 4.68. The van der Waals surface area contributed by atoms with Crippen molar-refractivity contribution in [2.75, 3.05) is 6.61 Å². The Balaban J connectivity index is 2.50. The minimum Gasteiger partial charge on any atom is -0.494 e. The highest BCUT2D eigenvalue weighted by atomic mass is 16.5. The van der Waals surface area contributed by atoms with Gasteiger partial charge in [-0.25, -0.2) is 0 Å². The van der Waals surface area contributed by atoms with Crippen molar-refractivity contribution in [2.45, 2.75) is 13.5 Å². The summed E-state index contributed by atoms with van der Waals surface area (Å²) in [6.45, 7) is 3.12. The van der Waals surface area contributed by atoms with Gasteiger partial charge in [0.25, 0.3) is 0 Å². The summed E-state index contributed by atoms with van der Waals surface area (Å²) in [5.74, 6) is 0.858. The molecular weight excluding hydrogens is 178 g/mol. The fraction of sp³-hybridized carbons (Fsp3) is 0.273. The molecule has 0 bridgehead atoms. The Labute approximate surface area is 82.5 Å². The minimum atomic E-state index is 0.489. The molecule has 1 aromatic carbocycles. The number of furan rings is 1. The molecule has 2 N–H and O–H groups in total. The Morgan fingerprint density at radius 3 is 3.00 bits per heavy atom. The number of hydrogen-bond donors (Lipinski definition) is 1. The maximum atomic E-state index is 5.58. The van der Waals surface area contributed by atoms with E-state index < -0.39 is 0 Å². The van der Waals surface area contributed by atoms with E-state index in [-0.39, 0.29) is 0 Å². The second-order valence-corrected chi connectivity index (χ2v) is 3.06. The second-order valence-electron chi connectivity index (χ2n) is 3.06. The maximum absolute atomic E-state index is 5.58. The number of benzene rings is 1. The van der Waals surface area contributed by atoms with Crippen molar-refractivity contribution in [1.29, 1.82) is 0 Å². The van der Waals surface area contributed by atoms with Crippen molar-refractivity contribution in [3.05, 3.63) is 30.0 Å². The third kappa shape index (κ3) is 1.46.